The van der Waals surface area contributed by atoms with Crippen LogP contribution < -0.4 is 10.7 Å². The highest BCUT2D eigenvalue weighted by Gasteiger charge is 2.23. The van der Waals surface area contributed by atoms with Crippen molar-refractivity contribution in [2.24, 2.45) is 0 Å². The zero-order valence-electron chi connectivity index (χ0n) is 9.80. The molecule has 3 rings (SSSR count). The van der Waals surface area contributed by atoms with Crippen LogP contribution >= 0.6 is 0 Å². The average Bonchev–Trinajstić information content (AvgIpc) is 3.17. The highest BCUT2D eigenvalue weighted by molar-refractivity contribution is 5.81. The van der Waals surface area contributed by atoms with Crippen molar-refractivity contribution in [1.82, 2.24) is 15.1 Å². The summed E-state index contributed by atoms with van der Waals surface area (Å²) in [6.07, 6.45) is 3.38. The summed E-state index contributed by atoms with van der Waals surface area (Å²) in [4.78, 5) is 23.4. The monoisotopic (exact) mass is 243 g/mol. The molecule has 1 aromatic heterocycles. The second-order valence-corrected chi connectivity index (χ2v) is 4.53. The maximum absolute atomic E-state index is 11.7. The molecule has 1 fully saturated rings. The van der Waals surface area contributed by atoms with Crippen molar-refractivity contribution in [2.75, 3.05) is 0 Å². The topological polar surface area (TPSA) is 64.0 Å². The van der Waals surface area contributed by atoms with Crippen LogP contribution in [-0.2, 0) is 11.3 Å². The van der Waals surface area contributed by atoms with Crippen LogP contribution in [0.3, 0.4) is 0 Å². The number of hydrogen-bond donors (Lipinski definition) is 1. The van der Waals surface area contributed by atoms with E-state index in [0.717, 1.165) is 12.8 Å². The third-order valence-electron chi connectivity index (χ3n) is 3.00. The third kappa shape index (κ3) is 2.11. The van der Waals surface area contributed by atoms with E-state index in [1.54, 1.807) is 22.9 Å². The van der Waals surface area contributed by atoms with Crippen LogP contribution in [0.2, 0.25) is 0 Å². The number of amides is 1. The first-order valence-corrected chi connectivity index (χ1v) is 5.98. The van der Waals surface area contributed by atoms with Gasteiger partial charge in [-0.25, -0.2) is 0 Å². The lowest BCUT2D eigenvalue weighted by Crippen LogP contribution is -2.30. The summed E-state index contributed by atoms with van der Waals surface area (Å²) < 4.78 is 1.56. The largest absolute Gasteiger partial charge is 0.352 e. The summed E-state index contributed by atoms with van der Waals surface area (Å²) in [5.74, 6) is -0.0567. The molecule has 0 spiro atoms. The van der Waals surface area contributed by atoms with Crippen LogP contribution in [0.25, 0.3) is 10.9 Å². The number of benzene rings is 1. The van der Waals surface area contributed by atoms with Gasteiger partial charge in [0, 0.05) is 11.4 Å². The van der Waals surface area contributed by atoms with E-state index in [1.165, 1.54) is 6.20 Å². The predicted octanol–water partition coefficient (Wildman–Crippen LogP) is 0.675. The molecule has 5 nitrogen and oxygen atoms in total. The molecule has 0 radical (unpaired) electrons. The number of carbonyl (C=O) groups is 1. The minimum atomic E-state index is -0.121. The van der Waals surface area contributed by atoms with E-state index in [2.05, 4.69) is 10.4 Å². The Balaban J connectivity index is 1.93. The van der Waals surface area contributed by atoms with Gasteiger partial charge >= 0.3 is 0 Å². The summed E-state index contributed by atoms with van der Waals surface area (Å²) in [5, 5.41) is 7.51. The highest BCUT2D eigenvalue weighted by atomic mass is 16.2. The van der Waals surface area contributed by atoms with E-state index < -0.39 is 0 Å². The van der Waals surface area contributed by atoms with Gasteiger partial charge in [-0.3, -0.25) is 14.3 Å². The highest BCUT2D eigenvalue weighted by Crippen LogP contribution is 2.18. The molecule has 0 atom stereocenters. The molecule has 1 saturated carbocycles. The molecule has 2 aromatic rings. The van der Waals surface area contributed by atoms with Crippen LogP contribution in [0.4, 0.5) is 0 Å². The van der Waals surface area contributed by atoms with E-state index in [9.17, 15) is 9.59 Å². The minimum Gasteiger partial charge on any atom is -0.352 e. The van der Waals surface area contributed by atoms with Gasteiger partial charge in [-0.15, -0.1) is 0 Å². The zero-order valence-corrected chi connectivity index (χ0v) is 9.80. The molecule has 1 aromatic carbocycles. The van der Waals surface area contributed by atoms with Crippen molar-refractivity contribution in [1.29, 1.82) is 0 Å². The Kier molecular flexibility index (Phi) is 2.59. The molecule has 0 unspecified atom stereocenters. The number of fused-ring (bicyclic) bond motifs is 1. The van der Waals surface area contributed by atoms with E-state index in [0.29, 0.717) is 16.9 Å². The second kappa shape index (κ2) is 4.25. The van der Waals surface area contributed by atoms with Crippen molar-refractivity contribution in [3.8, 4) is 0 Å². The fourth-order valence-corrected chi connectivity index (χ4v) is 1.92. The third-order valence-corrected chi connectivity index (χ3v) is 3.00. The van der Waals surface area contributed by atoms with Crippen molar-refractivity contribution in [3.05, 3.63) is 40.7 Å². The van der Waals surface area contributed by atoms with Gasteiger partial charge in [0.05, 0.1) is 11.7 Å². The van der Waals surface area contributed by atoms with E-state index in [-0.39, 0.29) is 17.9 Å². The van der Waals surface area contributed by atoms with Gasteiger partial charge in [-0.05, 0) is 25.0 Å². The maximum atomic E-state index is 11.7. The molecule has 18 heavy (non-hydrogen) atoms. The first-order chi connectivity index (χ1) is 8.74. The summed E-state index contributed by atoms with van der Waals surface area (Å²) in [6, 6.07) is 7.52. The molecule has 0 bridgehead atoms. The van der Waals surface area contributed by atoms with Gasteiger partial charge in [0.15, 0.2) is 0 Å². The molecule has 92 valence electrons. The fraction of sp³-hybridized carbons (Fsp3) is 0.308. The number of carbonyl (C=O) groups excluding carboxylic acids is 1. The maximum Gasteiger partial charge on any atom is 0.241 e. The van der Waals surface area contributed by atoms with Crippen LogP contribution in [0, 0.1) is 0 Å². The quantitative estimate of drug-likeness (QED) is 0.862. The number of rotatable bonds is 3. The SMILES string of the molecule is O=C(Cn1ncc(=O)c2ccccc21)NC1CC1. The number of hydrogen-bond acceptors (Lipinski definition) is 3. The number of para-hydroxylation sites is 1. The predicted molar refractivity (Wildman–Crippen MR) is 67.2 cm³/mol. The van der Waals surface area contributed by atoms with Gasteiger partial charge in [-0.1, -0.05) is 12.1 Å². The number of nitrogens with one attached hydrogen (secondary N) is 1. The van der Waals surface area contributed by atoms with Crippen molar-refractivity contribution < 1.29 is 4.79 Å². The minimum absolute atomic E-state index is 0.0567. The van der Waals surface area contributed by atoms with Gasteiger partial charge in [0.1, 0.15) is 6.54 Å². The molecule has 0 saturated heterocycles. The molecular weight excluding hydrogens is 230 g/mol. The standard InChI is InChI=1S/C13H13N3O2/c17-12-7-14-16(8-13(18)15-9-5-6-9)11-4-2-1-3-10(11)12/h1-4,7,9H,5-6,8H2,(H,15,18). The van der Waals surface area contributed by atoms with Gasteiger partial charge in [0.25, 0.3) is 0 Å². The number of nitrogens with zero attached hydrogens (tertiary/aromatic N) is 2. The van der Waals surface area contributed by atoms with Crippen molar-refractivity contribution >= 4 is 16.8 Å². The fourth-order valence-electron chi connectivity index (χ4n) is 1.92. The normalized spacial score (nSPS) is 14.7. The van der Waals surface area contributed by atoms with Crippen LogP contribution in [0.5, 0.6) is 0 Å². The molecule has 1 amide bonds. The molecular formula is C13H13N3O2. The lowest BCUT2D eigenvalue weighted by molar-refractivity contribution is -0.121. The Hall–Kier alpha value is -2.17. The van der Waals surface area contributed by atoms with Gasteiger partial charge in [0.2, 0.25) is 11.3 Å². The van der Waals surface area contributed by atoms with Gasteiger partial charge in [-0.2, -0.15) is 5.10 Å². The smallest absolute Gasteiger partial charge is 0.241 e. The zero-order chi connectivity index (χ0) is 12.5. The molecule has 5 heteroatoms. The Labute approximate surface area is 103 Å². The molecule has 1 heterocycles. The summed E-state index contributed by atoms with van der Waals surface area (Å²) in [6.45, 7) is 0.150. The van der Waals surface area contributed by atoms with Crippen LogP contribution in [-0.4, -0.2) is 21.7 Å². The van der Waals surface area contributed by atoms with E-state index in [4.69, 9.17) is 0 Å². The van der Waals surface area contributed by atoms with Crippen molar-refractivity contribution in [2.45, 2.75) is 25.4 Å². The van der Waals surface area contributed by atoms with E-state index >= 15 is 0 Å². The average molecular weight is 243 g/mol. The molecule has 1 N–H and O–H groups in total. The lowest BCUT2D eigenvalue weighted by Gasteiger charge is -2.09. The molecule has 1 aliphatic rings. The molecule has 1 aliphatic carbocycles. The van der Waals surface area contributed by atoms with Gasteiger partial charge < -0.3 is 5.32 Å². The second-order valence-electron chi connectivity index (χ2n) is 4.53. The Morgan fingerprint density at radius 1 is 1.39 bits per heavy atom. The lowest BCUT2D eigenvalue weighted by atomic mass is 10.2. The summed E-state index contributed by atoms with van der Waals surface area (Å²) >= 11 is 0. The number of aromatic nitrogens is 2. The van der Waals surface area contributed by atoms with Crippen molar-refractivity contribution in [3.63, 3.8) is 0 Å². The van der Waals surface area contributed by atoms with Crippen LogP contribution in [0.15, 0.2) is 35.3 Å². The Morgan fingerprint density at radius 3 is 2.94 bits per heavy atom. The first-order valence-electron chi connectivity index (χ1n) is 5.98. The van der Waals surface area contributed by atoms with Crippen LogP contribution in [0.1, 0.15) is 12.8 Å². The summed E-state index contributed by atoms with van der Waals surface area (Å²) in [5.41, 5.74) is 0.570. The van der Waals surface area contributed by atoms with E-state index in [1.807, 2.05) is 6.07 Å². The summed E-state index contributed by atoms with van der Waals surface area (Å²) in [7, 11) is 0. The Morgan fingerprint density at radius 2 is 2.17 bits per heavy atom. The molecule has 0 aliphatic heterocycles. The Bertz CT molecular complexity index is 659. The first kappa shape index (κ1) is 11.0.